The van der Waals surface area contributed by atoms with E-state index in [1.165, 1.54) is 38.2 Å². The van der Waals surface area contributed by atoms with Crippen molar-refractivity contribution in [3.05, 3.63) is 93.5 Å². The number of benzene rings is 3. The van der Waals surface area contributed by atoms with Gasteiger partial charge in [0.25, 0.3) is 5.69 Å². The van der Waals surface area contributed by atoms with Crippen LogP contribution in [0, 0.1) is 24.0 Å². The number of nitrogens with two attached hydrogens (primary N) is 1. The lowest BCUT2D eigenvalue weighted by Crippen LogP contribution is -2.21. The van der Waals surface area contributed by atoms with Gasteiger partial charge in [-0.3, -0.25) is 14.9 Å². The molecule has 0 radical (unpaired) electrons. The van der Waals surface area contributed by atoms with Crippen LogP contribution in [0.25, 0.3) is 0 Å². The molecule has 188 valence electrons. The van der Waals surface area contributed by atoms with Crippen LogP contribution in [-0.4, -0.2) is 35.2 Å². The lowest BCUT2D eigenvalue weighted by Gasteiger charge is -2.13. The fourth-order valence-electron chi connectivity index (χ4n) is 3.23. The summed E-state index contributed by atoms with van der Waals surface area (Å²) >= 11 is 0. The van der Waals surface area contributed by atoms with E-state index in [9.17, 15) is 14.9 Å². The van der Waals surface area contributed by atoms with Crippen LogP contribution in [0.5, 0.6) is 0 Å². The Labute approximate surface area is 209 Å². The zero-order valence-electron chi connectivity index (χ0n) is 21.7. The number of nitro groups is 1. The maximum absolute atomic E-state index is 11.3. The number of rotatable bonds is 7. The van der Waals surface area contributed by atoms with Gasteiger partial charge < -0.3 is 16.0 Å². The maximum Gasteiger partial charge on any atom is 0.293 e. The lowest BCUT2D eigenvalue weighted by atomic mass is 10.1. The molecule has 0 unspecified atom stereocenters. The van der Waals surface area contributed by atoms with Gasteiger partial charge in [-0.05, 0) is 87.9 Å². The van der Waals surface area contributed by atoms with Crippen LogP contribution in [0.2, 0.25) is 0 Å². The van der Waals surface area contributed by atoms with Crippen LogP contribution < -0.4 is 11.1 Å². The molecule has 0 aliphatic heterocycles. The van der Waals surface area contributed by atoms with E-state index in [1.807, 2.05) is 62.4 Å². The van der Waals surface area contributed by atoms with Crippen molar-refractivity contribution >= 4 is 28.5 Å². The van der Waals surface area contributed by atoms with Gasteiger partial charge >= 0.3 is 0 Å². The van der Waals surface area contributed by atoms with Gasteiger partial charge in [-0.25, -0.2) is 0 Å². The van der Waals surface area contributed by atoms with Gasteiger partial charge in [-0.1, -0.05) is 45.0 Å². The monoisotopic (exact) mass is 478 g/mol. The van der Waals surface area contributed by atoms with E-state index >= 15 is 0 Å². The Morgan fingerprint density at radius 3 is 1.89 bits per heavy atom. The number of nitro benzene ring substituents is 1. The average Bonchev–Trinajstić information content (AvgIpc) is 2.81. The molecule has 0 bridgehead atoms. The third-order valence-corrected chi connectivity index (χ3v) is 5.28. The largest absolute Gasteiger partial charge is 0.399 e. The normalized spacial score (nSPS) is 9.91. The number of ketones is 1. The molecular formula is C28H38N4O3. The minimum Gasteiger partial charge on any atom is -0.399 e. The summed E-state index contributed by atoms with van der Waals surface area (Å²) in [7, 11) is 0. The van der Waals surface area contributed by atoms with Crippen LogP contribution in [-0.2, 0) is 0 Å². The van der Waals surface area contributed by atoms with E-state index in [-0.39, 0.29) is 11.5 Å². The minimum atomic E-state index is -0.495. The number of carbonyl (C=O) groups excluding carboxylic acids is 1. The van der Waals surface area contributed by atoms with Gasteiger partial charge in [0.1, 0.15) is 5.69 Å². The molecule has 0 atom stereocenters. The number of nitrogens with zero attached hydrogens (tertiary/aromatic N) is 2. The van der Waals surface area contributed by atoms with Gasteiger partial charge in [0, 0.05) is 23.0 Å². The lowest BCUT2D eigenvalue weighted by molar-refractivity contribution is -0.383. The minimum absolute atomic E-state index is 0.112. The predicted molar refractivity (Wildman–Crippen MR) is 147 cm³/mol. The second-order valence-corrected chi connectivity index (χ2v) is 8.07. The highest BCUT2D eigenvalue weighted by molar-refractivity contribution is 5.95. The van der Waals surface area contributed by atoms with Gasteiger partial charge in [0.2, 0.25) is 0 Å². The summed E-state index contributed by atoms with van der Waals surface area (Å²) in [4.78, 5) is 24.3. The number of nitrogen functional groups attached to an aromatic ring is 1. The summed E-state index contributed by atoms with van der Waals surface area (Å²) in [5, 5.41) is 14.1. The molecule has 3 rings (SSSR count). The van der Waals surface area contributed by atoms with Crippen molar-refractivity contribution in [3.8, 4) is 0 Å². The molecular weight excluding hydrogens is 440 g/mol. The maximum atomic E-state index is 11.3. The zero-order valence-corrected chi connectivity index (χ0v) is 21.7. The molecule has 0 spiro atoms. The van der Waals surface area contributed by atoms with Crippen LogP contribution in [0.4, 0.5) is 22.7 Å². The van der Waals surface area contributed by atoms with Crippen LogP contribution in [0.3, 0.4) is 0 Å². The number of anilines is 3. The third-order valence-electron chi connectivity index (χ3n) is 5.28. The van der Waals surface area contributed by atoms with E-state index in [2.05, 4.69) is 31.0 Å². The molecule has 0 saturated carbocycles. The SMILES string of the molecule is CC(=O)c1ccc(Nc2cccc(C)c2)c([N+](=O)[O-])c1.CCN(CC)CC.Cc1cccc(N)c1. The number of nitrogens with one attached hydrogen (secondary N) is 1. The van der Waals surface area contributed by atoms with Gasteiger partial charge in [-0.2, -0.15) is 0 Å². The molecule has 35 heavy (non-hydrogen) atoms. The standard InChI is InChI=1S/C15H14N2O3.C7H9N.C6H15N/c1-10-4-3-5-13(8-10)16-14-7-6-12(11(2)18)9-15(14)17(19)20;1-6-3-2-4-7(8)5-6;1-4-7(5-2)6-3/h3-9,16H,1-2H3;2-5H,8H2,1H3;4-6H2,1-3H3. The smallest absolute Gasteiger partial charge is 0.293 e. The Balaban J connectivity index is 0.000000334. The summed E-state index contributed by atoms with van der Waals surface area (Å²) in [5.41, 5.74) is 9.91. The Hall–Kier alpha value is -3.71. The second kappa shape index (κ2) is 15.2. The van der Waals surface area contributed by atoms with E-state index in [1.54, 1.807) is 12.1 Å². The van der Waals surface area contributed by atoms with Crippen molar-refractivity contribution in [3.63, 3.8) is 0 Å². The molecule has 3 N–H and O–H groups in total. The van der Waals surface area contributed by atoms with E-state index in [0.717, 1.165) is 16.9 Å². The molecule has 0 heterocycles. The first-order chi connectivity index (χ1) is 16.6. The predicted octanol–water partition coefficient (Wildman–Crippen LogP) is 6.77. The number of hydrogen-bond donors (Lipinski definition) is 2. The van der Waals surface area contributed by atoms with Gasteiger partial charge in [-0.15, -0.1) is 0 Å². The van der Waals surface area contributed by atoms with E-state index in [4.69, 9.17) is 5.73 Å². The van der Waals surface area contributed by atoms with Crippen molar-refractivity contribution in [1.29, 1.82) is 0 Å². The van der Waals surface area contributed by atoms with E-state index < -0.39 is 4.92 Å². The first-order valence-corrected chi connectivity index (χ1v) is 11.8. The highest BCUT2D eigenvalue weighted by Crippen LogP contribution is 2.29. The first kappa shape index (κ1) is 29.3. The molecule has 3 aromatic carbocycles. The van der Waals surface area contributed by atoms with E-state index in [0.29, 0.717) is 11.3 Å². The number of carbonyl (C=O) groups is 1. The molecule has 0 aromatic heterocycles. The molecule has 0 amide bonds. The average molecular weight is 479 g/mol. The van der Waals surface area contributed by atoms with Crippen LogP contribution >= 0.6 is 0 Å². The molecule has 3 aromatic rings. The number of Topliss-reactive ketones (excluding diaryl/α,β-unsaturated/α-hetero) is 1. The van der Waals surface area contributed by atoms with Crippen LogP contribution in [0.1, 0.15) is 49.2 Å². The van der Waals surface area contributed by atoms with Crippen molar-refractivity contribution in [2.75, 3.05) is 30.7 Å². The Morgan fingerprint density at radius 2 is 1.49 bits per heavy atom. The quantitative estimate of drug-likeness (QED) is 0.168. The molecule has 0 aliphatic carbocycles. The summed E-state index contributed by atoms with van der Waals surface area (Å²) in [6, 6.07) is 19.8. The highest BCUT2D eigenvalue weighted by atomic mass is 16.6. The Morgan fingerprint density at radius 1 is 0.914 bits per heavy atom. The summed E-state index contributed by atoms with van der Waals surface area (Å²) in [6.07, 6.45) is 0. The number of aryl methyl sites for hydroxylation is 2. The molecule has 0 saturated heterocycles. The molecule has 0 fully saturated rings. The van der Waals surface area contributed by atoms with Crippen LogP contribution in [0.15, 0.2) is 66.7 Å². The van der Waals surface area contributed by atoms with Crippen molar-refractivity contribution in [2.45, 2.75) is 41.5 Å². The zero-order chi connectivity index (χ0) is 26.4. The molecule has 7 heteroatoms. The Kier molecular flexibility index (Phi) is 12.8. The topological polar surface area (TPSA) is 101 Å². The van der Waals surface area contributed by atoms with Crippen molar-refractivity contribution in [1.82, 2.24) is 4.90 Å². The fourth-order valence-corrected chi connectivity index (χ4v) is 3.23. The molecule has 0 aliphatic rings. The highest BCUT2D eigenvalue weighted by Gasteiger charge is 2.16. The first-order valence-electron chi connectivity index (χ1n) is 11.8. The van der Waals surface area contributed by atoms with Crippen molar-refractivity contribution in [2.24, 2.45) is 0 Å². The summed E-state index contributed by atoms with van der Waals surface area (Å²) < 4.78 is 0. The van der Waals surface area contributed by atoms with Gasteiger partial charge in [0.15, 0.2) is 5.78 Å². The second-order valence-electron chi connectivity index (χ2n) is 8.07. The number of hydrogen-bond acceptors (Lipinski definition) is 6. The summed E-state index contributed by atoms with van der Waals surface area (Å²) in [5.74, 6) is -0.199. The fraction of sp³-hybridized carbons (Fsp3) is 0.321. The van der Waals surface area contributed by atoms with Crippen molar-refractivity contribution < 1.29 is 9.72 Å². The summed E-state index contributed by atoms with van der Waals surface area (Å²) in [6.45, 7) is 15.5. The molecule has 7 nitrogen and oxygen atoms in total. The van der Waals surface area contributed by atoms with Gasteiger partial charge in [0.05, 0.1) is 4.92 Å². The third kappa shape index (κ3) is 10.8. The Bertz CT molecular complexity index is 1070.